The largest absolute Gasteiger partial charge is 0.304 e. The molecule has 0 fully saturated rings. The van der Waals surface area contributed by atoms with Gasteiger partial charge in [0.1, 0.15) is 0 Å². The topological polar surface area (TPSA) is 27.0 Å². The van der Waals surface area contributed by atoms with Crippen LogP contribution in [0.5, 0.6) is 0 Å². The fourth-order valence-electron chi connectivity index (χ4n) is 0.770. The van der Waals surface area contributed by atoms with Gasteiger partial charge < -0.3 is 4.90 Å². The van der Waals surface area contributed by atoms with Crippen molar-refractivity contribution in [1.29, 1.82) is 5.26 Å². The van der Waals surface area contributed by atoms with Gasteiger partial charge in [-0.2, -0.15) is 17.9 Å². The molecule has 0 saturated heterocycles. The summed E-state index contributed by atoms with van der Waals surface area (Å²) < 4.78 is 0. The highest BCUT2D eigenvalue weighted by Crippen LogP contribution is 1.95. The molecular weight excluding hydrogens is 144 g/mol. The summed E-state index contributed by atoms with van der Waals surface area (Å²) >= 11 is 4.09. The van der Waals surface area contributed by atoms with E-state index in [0.29, 0.717) is 0 Å². The lowest BCUT2D eigenvalue weighted by Crippen LogP contribution is -2.25. The van der Waals surface area contributed by atoms with E-state index >= 15 is 0 Å². The average Bonchev–Trinajstić information content (AvgIpc) is 1.88. The van der Waals surface area contributed by atoms with Gasteiger partial charge in [-0.3, -0.25) is 0 Å². The second-order valence-corrected chi connectivity index (χ2v) is 2.96. The summed E-state index contributed by atoms with van der Waals surface area (Å²) in [5.74, 6) is 0.985. The maximum atomic E-state index is 8.46. The van der Waals surface area contributed by atoms with E-state index in [1.54, 1.807) is 0 Å². The first kappa shape index (κ1) is 9.80. The van der Waals surface area contributed by atoms with Gasteiger partial charge in [0.25, 0.3) is 0 Å². The van der Waals surface area contributed by atoms with Crippen molar-refractivity contribution in [2.75, 3.05) is 25.9 Å². The molecular formula is C7H14N2S. The zero-order valence-electron chi connectivity index (χ0n) is 6.54. The van der Waals surface area contributed by atoms with Gasteiger partial charge in [-0.15, -0.1) is 0 Å². The Bertz CT molecular complexity index is 119. The first-order chi connectivity index (χ1) is 4.70. The van der Waals surface area contributed by atoms with Crippen LogP contribution >= 0.6 is 12.6 Å². The molecule has 0 aliphatic carbocycles. The van der Waals surface area contributed by atoms with Crippen LogP contribution in [0.3, 0.4) is 0 Å². The molecule has 0 aromatic rings. The van der Waals surface area contributed by atoms with Crippen molar-refractivity contribution in [3.8, 4) is 6.07 Å². The Kier molecular flexibility index (Phi) is 5.46. The van der Waals surface area contributed by atoms with Crippen molar-refractivity contribution in [1.82, 2.24) is 4.90 Å². The predicted octanol–water partition coefficient (Wildman–Crippen LogP) is 1.01. The van der Waals surface area contributed by atoms with Gasteiger partial charge in [-0.1, -0.05) is 0 Å². The maximum absolute atomic E-state index is 8.46. The number of nitriles is 1. The van der Waals surface area contributed by atoms with Crippen LogP contribution in [-0.4, -0.2) is 30.8 Å². The molecule has 0 spiro atoms. The Morgan fingerprint density at radius 2 is 2.30 bits per heavy atom. The summed E-state index contributed by atoms with van der Waals surface area (Å²) in [7, 11) is 2.00. The van der Waals surface area contributed by atoms with Crippen LogP contribution in [0.25, 0.3) is 0 Å². The van der Waals surface area contributed by atoms with Crippen LogP contribution < -0.4 is 0 Å². The molecule has 0 aliphatic rings. The van der Waals surface area contributed by atoms with E-state index in [9.17, 15) is 0 Å². The van der Waals surface area contributed by atoms with Gasteiger partial charge in [0.2, 0.25) is 0 Å². The Hall–Kier alpha value is -0.200. The lowest BCUT2D eigenvalue weighted by Gasteiger charge is -2.15. The molecule has 0 heterocycles. The predicted molar refractivity (Wildman–Crippen MR) is 46.1 cm³/mol. The van der Waals surface area contributed by atoms with Crippen LogP contribution in [0, 0.1) is 17.2 Å². The minimum absolute atomic E-state index is 0.130. The third kappa shape index (κ3) is 4.66. The molecule has 58 valence electrons. The van der Waals surface area contributed by atoms with Crippen LogP contribution in [-0.2, 0) is 0 Å². The number of nitrogens with zero attached hydrogens (tertiary/aromatic N) is 2. The summed E-state index contributed by atoms with van der Waals surface area (Å²) in [6.45, 7) is 3.72. The standard InChI is InChI=1S/C7H14N2S/c1-7(5-8)6-9(2)3-4-10/h7,10H,3-4,6H2,1-2H3. The van der Waals surface area contributed by atoms with E-state index in [-0.39, 0.29) is 5.92 Å². The molecule has 10 heavy (non-hydrogen) atoms. The minimum atomic E-state index is 0.130. The van der Waals surface area contributed by atoms with E-state index in [0.717, 1.165) is 18.8 Å². The molecule has 1 atom stereocenters. The highest BCUT2D eigenvalue weighted by molar-refractivity contribution is 7.80. The van der Waals surface area contributed by atoms with Crippen molar-refractivity contribution in [3.63, 3.8) is 0 Å². The molecule has 0 aromatic carbocycles. The summed E-state index contributed by atoms with van der Waals surface area (Å²) in [6.07, 6.45) is 0. The van der Waals surface area contributed by atoms with Crippen LogP contribution in [0.2, 0.25) is 0 Å². The van der Waals surface area contributed by atoms with Gasteiger partial charge in [-0.25, -0.2) is 0 Å². The molecule has 0 aromatic heterocycles. The summed E-state index contributed by atoms with van der Waals surface area (Å²) in [5, 5.41) is 8.46. The Morgan fingerprint density at radius 1 is 1.70 bits per heavy atom. The lowest BCUT2D eigenvalue weighted by molar-refractivity contribution is 0.329. The fraction of sp³-hybridized carbons (Fsp3) is 0.857. The van der Waals surface area contributed by atoms with Crippen LogP contribution in [0.4, 0.5) is 0 Å². The third-order valence-corrected chi connectivity index (χ3v) is 1.49. The maximum Gasteiger partial charge on any atom is 0.0666 e. The highest BCUT2D eigenvalue weighted by atomic mass is 32.1. The van der Waals surface area contributed by atoms with Crippen LogP contribution in [0.15, 0.2) is 0 Å². The zero-order valence-corrected chi connectivity index (χ0v) is 7.43. The van der Waals surface area contributed by atoms with Crippen molar-refractivity contribution in [2.45, 2.75) is 6.92 Å². The Balaban J connectivity index is 3.39. The van der Waals surface area contributed by atoms with Crippen molar-refractivity contribution >= 4 is 12.6 Å². The molecule has 1 unspecified atom stereocenters. The molecule has 0 N–H and O–H groups in total. The van der Waals surface area contributed by atoms with Gasteiger partial charge in [0, 0.05) is 18.8 Å². The molecule has 0 bridgehead atoms. The second-order valence-electron chi connectivity index (χ2n) is 2.52. The number of hydrogen-bond donors (Lipinski definition) is 1. The summed E-state index contributed by atoms with van der Waals surface area (Å²) in [6, 6.07) is 2.19. The molecule has 0 saturated carbocycles. The van der Waals surface area contributed by atoms with Crippen molar-refractivity contribution in [3.05, 3.63) is 0 Å². The first-order valence-electron chi connectivity index (χ1n) is 3.39. The minimum Gasteiger partial charge on any atom is -0.304 e. The molecule has 2 nitrogen and oxygen atoms in total. The summed E-state index contributed by atoms with van der Waals surface area (Å²) in [5.41, 5.74) is 0. The average molecular weight is 158 g/mol. The smallest absolute Gasteiger partial charge is 0.0666 e. The van der Waals surface area contributed by atoms with Gasteiger partial charge in [0.15, 0.2) is 0 Å². The number of thiol groups is 1. The highest BCUT2D eigenvalue weighted by Gasteiger charge is 2.02. The van der Waals surface area contributed by atoms with Crippen molar-refractivity contribution in [2.24, 2.45) is 5.92 Å². The fourth-order valence-corrected chi connectivity index (χ4v) is 1.11. The van der Waals surface area contributed by atoms with E-state index < -0.39 is 0 Å². The van der Waals surface area contributed by atoms with Gasteiger partial charge in [0.05, 0.1) is 12.0 Å². The third-order valence-electron chi connectivity index (χ3n) is 1.29. The molecule has 0 rings (SSSR count). The van der Waals surface area contributed by atoms with Gasteiger partial charge >= 0.3 is 0 Å². The molecule has 0 amide bonds. The van der Waals surface area contributed by atoms with Crippen molar-refractivity contribution < 1.29 is 0 Å². The Morgan fingerprint density at radius 3 is 2.70 bits per heavy atom. The van der Waals surface area contributed by atoms with E-state index in [4.69, 9.17) is 5.26 Å². The molecule has 0 radical (unpaired) electrons. The van der Waals surface area contributed by atoms with E-state index in [1.807, 2.05) is 14.0 Å². The number of rotatable bonds is 4. The van der Waals surface area contributed by atoms with E-state index in [2.05, 4.69) is 23.6 Å². The number of hydrogen-bond acceptors (Lipinski definition) is 3. The lowest BCUT2D eigenvalue weighted by atomic mass is 10.2. The van der Waals surface area contributed by atoms with E-state index in [1.165, 1.54) is 0 Å². The normalized spacial score (nSPS) is 13.1. The molecule has 3 heteroatoms. The summed E-state index contributed by atoms with van der Waals surface area (Å²) in [4.78, 5) is 2.11. The van der Waals surface area contributed by atoms with Gasteiger partial charge in [-0.05, 0) is 14.0 Å². The molecule has 0 aliphatic heterocycles. The quantitative estimate of drug-likeness (QED) is 0.618. The first-order valence-corrected chi connectivity index (χ1v) is 4.03. The monoisotopic (exact) mass is 158 g/mol. The van der Waals surface area contributed by atoms with Crippen LogP contribution in [0.1, 0.15) is 6.92 Å². The second kappa shape index (κ2) is 5.57. The Labute approximate surface area is 68.2 Å². The SMILES string of the molecule is CC(C#N)CN(C)CCS. The zero-order chi connectivity index (χ0) is 7.98.